The van der Waals surface area contributed by atoms with Gasteiger partial charge in [-0.2, -0.15) is 8.78 Å². The second-order valence-electron chi connectivity index (χ2n) is 3.38. The van der Waals surface area contributed by atoms with Gasteiger partial charge < -0.3 is 0 Å². The lowest BCUT2D eigenvalue weighted by Crippen LogP contribution is -2.33. The van der Waals surface area contributed by atoms with E-state index in [9.17, 15) is 17.6 Å². The van der Waals surface area contributed by atoms with E-state index in [1.165, 1.54) is 0 Å². The highest BCUT2D eigenvalue weighted by atomic mass is 32.2. The molecule has 0 aliphatic heterocycles. The van der Waals surface area contributed by atoms with Crippen molar-refractivity contribution >= 4 is 28.2 Å². The van der Waals surface area contributed by atoms with Gasteiger partial charge in [0.2, 0.25) is 0 Å². The molecular weight excluding hydrogens is 272 g/mol. The van der Waals surface area contributed by atoms with Crippen LogP contribution in [0, 0.1) is 0 Å². The second kappa shape index (κ2) is 5.82. The lowest BCUT2D eigenvalue weighted by Gasteiger charge is -2.19. The predicted octanol–water partition coefficient (Wildman–Crippen LogP) is 4.71. The molecule has 0 N–H and O–H groups in total. The Balaban J connectivity index is 2.70. The Morgan fingerprint density at radius 1 is 1.24 bits per heavy atom. The van der Waals surface area contributed by atoms with Gasteiger partial charge in [0, 0.05) is 5.25 Å². The van der Waals surface area contributed by atoms with Crippen molar-refractivity contribution in [2.75, 3.05) is 0 Å². The topological polar surface area (TPSA) is 0 Å². The number of benzene rings is 1. The van der Waals surface area contributed by atoms with Gasteiger partial charge in [-0.25, -0.2) is 8.78 Å². The van der Waals surface area contributed by atoms with Crippen LogP contribution in [0.4, 0.5) is 17.6 Å². The normalized spacial score (nSPS) is 13.8. The summed E-state index contributed by atoms with van der Waals surface area (Å²) in [6, 6.07) is 8.76. The summed E-state index contributed by atoms with van der Waals surface area (Å²) >= 11 is 4.96. The molecule has 1 rings (SSSR count). The van der Waals surface area contributed by atoms with Gasteiger partial charge in [0.1, 0.15) is 4.20 Å². The molecule has 0 heterocycles. The minimum Gasteiger partial charge on any atom is -0.203 e. The fraction of sp³-hybridized carbons (Fsp3) is 0.364. The summed E-state index contributed by atoms with van der Waals surface area (Å²) in [4.78, 5) is 0. The van der Waals surface area contributed by atoms with Crippen LogP contribution >= 0.6 is 24.0 Å². The number of hydrogen-bond acceptors (Lipinski definition) is 2. The highest BCUT2D eigenvalue weighted by Gasteiger charge is 2.46. The van der Waals surface area contributed by atoms with Gasteiger partial charge in [0.25, 0.3) is 0 Å². The highest BCUT2D eigenvalue weighted by molar-refractivity contribution is 8.23. The van der Waals surface area contributed by atoms with Gasteiger partial charge in [-0.05, 0) is 12.5 Å². The maximum absolute atomic E-state index is 12.9. The minimum absolute atomic E-state index is 0.381. The van der Waals surface area contributed by atoms with Gasteiger partial charge in [-0.1, -0.05) is 42.5 Å². The third kappa shape index (κ3) is 3.67. The number of hydrogen-bond donors (Lipinski definition) is 0. The largest absolute Gasteiger partial charge is 0.348 e. The Morgan fingerprint density at radius 3 is 2.24 bits per heavy atom. The van der Waals surface area contributed by atoms with Crippen molar-refractivity contribution in [3.05, 3.63) is 35.9 Å². The molecule has 0 amide bonds. The minimum atomic E-state index is -4.22. The lowest BCUT2D eigenvalue weighted by molar-refractivity contribution is -0.0710. The molecule has 1 atom stereocenters. The van der Waals surface area contributed by atoms with E-state index in [4.69, 9.17) is 0 Å². The van der Waals surface area contributed by atoms with Crippen LogP contribution in [0.5, 0.6) is 0 Å². The first-order valence-corrected chi connectivity index (χ1v) is 6.06. The van der Waals surface area contributed by atoms with Crippen molar-refractivity contribution in [3.63, 3.8) is 0 Å². The lowest BCUT2D eigenvalue weighted by atomic mass is 10.2. The van der Waals surface area contributed by atoms with Crippen molar-refractivity contribution in [1.29, 1.82) is 0 Å². The molecule has 0 spiro atoms. The molecule has 0 aliphatic carbocycles. The Bertz CT molecular complexity index is 378. The van der Waals surface area contributed by atoms with Gasteiger partial charge in [-0.3, -0.25) is 0 Å². The summed E-state index contributed by atoms with van der Waals surface area (Å²) in [7, 11) is 0. The quantitative estimate of drug-likeness (QED) is 0.579. The third-order valence-corrected chi connectivity index (χ3v) is 3.77. The first-order valence-electron chi connectivity index (χ1n) is 4.77. The van der Waals surface area contributed by atoms with E-state index in [0.717, 1.165) is 5.56 Å². The van der Waals surface area contributed by atoms with E-state index in [2.05, 4.69) is 12.2 Å². The molecule has 0 saturated heterocycles. The molecule has 0 nitrogen and oxygen atoms in total. The zero-order valence-corrected chi connectivity index (χ0v) is 10.5. The second-order valence-corrected chi connectivity index (χ2v) is 5.40. The van der Waals surface area contributed by atoms with Gasteiger partial charge in [0.05, 0.1) is 0 Å². The summed E-state index contributed by atoms with van der Waals surface area (Å²) in [6.45, 7) is 1.65. The summed E-state index contributed by atoms with van der Waals surface area (Å²) in [5, 5.41) is -0.381. The van der Waals surface area contributed by atoms with Gasteiger partial charge in [-0.15, -0.1) is 11.8 Å². The maximum atomic E-state index is 12.9. The highest BCUT2D eigenvalue weighted by Crippen LogP contribution is 2.37. The predicted molar refractivity (Wildman–Crippen MR) is 66.0 cm³/mol. The van der Waals surface area contributed by atoms with Gasteiger partial charge >= 0.3 is 12.3 Å². The van der Waals surface area contributed by atoms with E-state index in [-0.39, 0.29) is 5.25 Å². The fourth-order valence-electron chi connectivity index (χ4n) is 1.12. The average molecular weight is 282 g/mol. The molecule has 0 bridgehead atoms. The zero-order chi connectivity index (χ0) is 13.1. The zero-order valence-electron chi connectivity index (χ0n) is 8.87. The molecule has 0 aromatic heterocycles. The fourth-order valence-corrected chi connectivity index (χ4v) is 2.50. The van der Waals surface area contributed by atoms with Crippen molar-refractivity contribution < 1.29 is 17.6 Å². The standard InChI is InChI=1S/C11H10F4S2/c1-7(8-5-3-2-4-6-8)17-10(16)11(14,15)9(12)13/h2-7,9H,1H3/t7-/m0/s1. The third-order valence-electron chi connectivity index (χ3n) is 2.10. The molecule has 0 aliphatic rings. The van der Waals surface area contributed by atoms with E-state index in [1.807, 2.05) is 0 Å². The van der Waals surface area contributed by atoms with E-state index in [0.29, 0.717) is 11.8 Å². The molecule has 0 unspecified atom stereocenters. The number of thioether (sulfide) groups is 1. The molecule has 0 radical (unpaired) electrons. The maximum Gasteiger partial charge on any atom is 0.348 e. The smallest absolute Gasteiger partial charge is 0.203 e. The van der Waals surface area contributed by atoms with Crippen LogP contribution < -0.4 is 0 Å². The summed E-state index contributed by atoms with van der Waals surface area (Å²) in [5.41, 5.74) is 0.768. The Hall–Kier alpha value is -0.620. The number of rotatable bonds is 4. The average Bonchev–Trinajstić information content (AvgIpc) is 2.29. The SMILES string of the molecule is C[C@H](SC(=S)C(F)(F)C(F)F)c1ccccc1. The van der Waals surface area contributed by atoms with Crippen molar-refractivity contribution in [2.45, 2.75) is 24.5 Å². The Kier molecular flexibility index (Phi) is 4.94. The molecule has 1 aromatic rings. The first-order chi connectivity index (χ1) is 7.85. The van der Waals surface area contributed by atoms with Crippen molar-refractivity contribution in [3.8, 4) is 0 Å². The summed E-state index contributed by atoms with van der Waals surface area (Å²) in [6.07, 6.45) is -3.76. The molecule has 17 heavy (non-hydrogen) atoms. The monoisotopic (exact) mass is 282 g/mol. The van der Waals surface area contributed by atoms with Crippen LogP contribution in [-0.2, 0) is 0 Å². The number of thiocarbonyl (C=S) groups is 1. The van der Waals surface area contributed by atoms with Crippen LogP contribution in [0.25, 0.3) is 0 Å². The summed E-state index contributed by atoms with van der Waals surface area (Å²) < 4.78 is 49.0. The molecule has 1 aromatic carbocycles. The van der Waals surface area contributed by atoms with Crippen LogP contribution in [0.15, 0.2) is 30.3 Å². The molecule has 0 fully saturated rings. The van der Waals surface area contributed by atoms with Crippen LogP contribution in [-0.4, -0.2) is 16.5 Å². The van der Waals surface area contributed by atoms with Crippen LogP contribution in [0.2, 0.25) is 0 Å². The van der Waals surface area contributed by atoms with E-state index < -0.39 is 16.5 Å². The van der Waals surface area contributed by atoms with Crippen molar-refractivity contribution in [1.82, 2.24) is 0 Å². The van der Waals surface area contributed by atoms with Crippen LogP contribution in [0.1, 0.15) is 17.7 Å². The first kappa shape index (κ1) is 14.4. The summed E-state index contributed by atoms with van der Waals surface area (Å²) in [5.74, 6) is -4.22. The van der Waals surface area contributed by atoms with E-state index >= 15 is 0 Å². The Morgan fingerprint density at radius 2 is 1.76 bits per heavy atom. The van der Waals surface area contributed by atoms with Gasteiger partial charge in [0.15, 0.2) is 0 Å². The van der Waals surface area contributed by atoms with Crippen LogP contribution in [0.3, 0.4) is 0 Å². The molecule has 0 saturated carbocycles. The molecular formula is C11H10F4S2. The number of halogens is 4. The molecule has 94 valence electrons. The molecule has 6 heteroatoms. The number of alkyl halides is 4. The van der Waals surface area contributed by atoms with Crippen molar-refractivity contribution in [2.24, 2.45) is 0 Å². The van der Waals surface area contributed by atoms with E-state index in [1.54, 1.807) is 37.3 Å². The Labute approximate surface area is 106 Å².